The highest BCUT2D eigenvalue weighted by Gasteiger charge is 2.04. The summed E-state index contributed by atoms with van der Waals surface area (Å²) in [4.78, 5) is 0. The van der Waals surface area contributed by atoms with Gasteiger partial charge >= 0.3 is 0 Å². The van der Waals surface area contributed by atoms with Gasteiger partial charge in [0, 0.05) is 0 Å². The Labute approximate surface area is 102 Å². The van der Waals surface area contributed by atoms with Gasteiger partial charge in [0.05, 0.1) is 26.9 Å². The van der Waals surface area contributed by atoms with Crippen molar-refractivity contribution in [1.82, 2.24) is 0 Å². The molecule has 1 N–H and O–H groups in total. The van der Waals surface area contributed by atoms with Crippen molar-refractivity contribution >= 4 is 0 Å². The second-order valence-electron chi connectivity index (χ2n) is 3.52. The highest BCUT2D eigenvalue weighted by Crippen LogP contribution is 2.28. The van der Waals surface area contributed by atoms with E-state index in [2.05, 4.69) is 6.92 Å². The van der Waals surface area contributed by atoms with Crippen molar-refractivity contribution in [3.63, 3.8) is 0 Å². The lowest BCUT2D eigenvalue weighted by Gasteiger charge is -2.11. The first kappa shape index (κ1) is 13.8. The molecule has 0 aliphatic rings. The van der Waals surface area contributed by atoms with E-state index in [9.17, 15) is 0 Å². The zero-order chi connectivity index (χ0) is 12.5. The predicted octanol–water partition coefficient (Wildman–Crippen LogP) is 1.65. The number of ether oxygens (including phenoxy) is 3. The molecule has 0 spiro atoms. The smallest absolute Gasteiger partial charge is 0.161 e. The number of aliphatic hydroxyl groups is 1. The third-order valence-electron chi connectivity index (χ3n) is 2.36. The van der Waals surface area contributed by atoms with Crippen molar-refractivity contribution in [2.75, 3.05) is 33.5 Å². The van der Waals surface area contributed by atoms with E-state index in [4.69, 9.17) is 19.3 Å². The third kappa shape index (κ3) is 4.63. The standard InChI is InChI=1S/C13H20O4/c1-3-11-4-5-12(13(10-11)15-2)17-9-8-16-7-6-14/h4-5,10,14H,3,6-9H2,1-2H3. The molecular weight excluding hydrogens is 220 g/mol. The highest BCUT2D eigenvalue weighted by molar-refractivity contribution is 5.42. The van der Waals surface area contributed by atoms with Gasteiger partial charge < -0.3 is 19.3 Å². The van der Waals surface area contributed by atoms with Gasteiger partial charge in [-0.05, 0) is 24.1 Å². The molecule has 0 aromatic heterocycles. The van der Waals surface area contributed by atoms with Gasteiger partial charge in [-0.1, -0.05) is 13.0 Å². The summed E-state index contributed by atoms with van der Waals surface area (Å²) in [7, 11) is 1.63. The molecular formula is C13H20O4. The predicted molar refractivity (Wildman–Crippen MR) is 65.8 cm³/mol. The molecule has 0 radical (unpaired) electrons. The van der Waals surface area contributed by atoms with Gasteiger partial charge in [-0.2, -0.15) is 0 Å². The van der Waals surface area contributed by atoms with Crippen molar-refractivity contribution in [3.8, 4) is 11.5 Å². The lowest BCUT2D eigenvalue weighted by Crippen LogP contribution is -2.09. The molecule has 17 heavy (non-hydrogen) atoms. The number of aryl methyl sites for hydroxylation is 1. The summed E-state index contributed by atoms with van der Waals surface area (Å²) in [6.07, 6.45) is 0.969. The monoisotopic (exact) mass is 240 g/mol. The van der Waals surface area contributed by atoms with E-state index < -0.39 is 0 Å². The Morgan fingerprint density at radius 1 is 1.12 bits per heavy atom. The fourth-order valence-electron chi connectivity index (χ4n) is 1.43. The molecule has 1 aromatic carbocycles. The van der Waals surface area contributed by atoms with E-state index in [0.29, 0.717) is 19.8 Å². The molecule has 96 valence electrons. The Morgan fingerprint density at radius 2 is 1.94 bits per heavy atom. The summed E-state index contributed by atoms with van der Waals surface area (Å²) < 4.78 is 15.9. The highest BCUT2D eigenvalue weighted by atomic mass is 16.5. The minimum Gasteiger partial charge on any atom is -0.493 e. The van der Waals surface area contributed by atoms with Gasteiger partial charge in [0.2, 0.25) is 0 Å². The van der Waals surface area contributed by atoms with Crippen molar-refractivity contribution < 1.29 is 19.3 Å². The summed E-state index contributed by atoms with van der Waals surface area (Å²) in [6.45, 7) is 3.38. The van der Waals surface area contributed by atoms with Crippen LogP contribution in [0.2, 0.25) is 0 Å². The van der Waals surface area contributed by atoms with Gasteiger partial charge in [-0.15, -0.1) is 0 Å². The molecule has 0 aliphatic heterocycles. The van der Waals surface area contributed by atoms with Crippen LogP contribution in [0.1, 0.15) is 12.5 Å². The van der Waals surface area contributed by atoms with Crippen LogP contribution in [0.15, 0.2) is 18.2 Å². The van der Waals surface area contributed by atoms with Gasteiger partial charge in [-0.3, -0.25) is 0 Å². The maximum absolute atomic E-state index is 8.54. The quantitative estimate of drug-likeness (QED) is 0.702. The van der Waals surface area contributed by atoms with Gasteiger partial charge in [0.15, 0.2) is 11.5 Å². The zero-order valence-electron chi connectivity index (χ0n) is 10.4. The van der Waals surface area contributed by atoms with Crippen LogP contribution in [0.4, 0.5) is 0 Å². The van der Waals surface area contributed by atoms with Crippen LogP contribution in [-0.2, 0) is 11.2 Å². The Morgan fingerprint density at radius 3 is 2.59 bits per heavy atom. The Hall–Kier alpha value is -1.26. The maximum atomic E-state index is 8.54. The second kappa shape index (κ2) is 7.92. The molecule has 0 heterocycles. The molecule has 4 heteroatoms. The molecule has 0 atom stereocenters. The first-order valence-electron chi connectivity index (χ1n) is 5.80. The minimum absolute atomic E-state index is 0.0362. The number of benzene rings is 1. The van der Waals surface area contributed by atoms with Crippen LogP contribution in [0.3, 0.4) is 0 Å². The average molecular weight is 240 g/mol. The zero-order valence-corrected chi connectivity index (χ0v) is 10.4. The second-order valence-corrected chi connectivity index (χ2v) is 3.52. The largest absolute Gasteiger partial charge is 0.493 e. The normalized spacial score (nSPS) is 10.3. The Bertz CT molecular complexity index is 325. The fourth-order valence-corrected chi connectivity index (χ4v) is 1.43. The minimum atomic E-state index is 0.0362. The van der Waals surface area contributed by atoms with Crippen molar-refractivity contribution in [3.05, 3.63) is 23.8 Å². The number of methoxy groups -OCH3 is 1. The summed E-state index contributed by atoms with van der Waals surface area (Å²) >= 11 is 0. The van der Waals surface area contributed by atoms with Gasteiger partial charge in [0.1, 0.15) is 6.61 Å². The maximum Gasteiger partial charge on any atom is 0.161 e. The first-order valence-corrected chi connectivity index (χ1v) is 5.80. The Kier molecular flexibility index (Phi) is 6.43. The first-order chi connectivity index (χ1) is 8.31. The van der Waals surface area contributed by atoms with Crippen molar-refractivity contribution in [1.29, 1.82) is 0 Å². The number of aliphatic hydroxyl groups excluding tert-OH is 1. The van der Waals surface area contributed by atoms with Crippen LogP contribution in [0, 0.1) is 0 Å². The van der Waals surface area contributed by atoms with E-state index in [1.807, 2.05) is 18.2 Å². The van der Waals surface area contributed by atoms with E-state index >= 15 is 0 Å². The number of hydrogen-bond acceptors (Lipinski definition) is 4. The summed E-state index contributed by atoms with van der Waals surface area (Å²) in [5.41, 5.74) is 1.21. The van der Waals surface area contributed by atoms with E-state index in [1.165, 1.54) is 5.56 Å². The van der Waals surface area contributed by atoms with E-state index in [1.54, 1.807) is 7.11 Å². The van der Waals surface area contributed by atoms with Crippen LogP contribution in [0.5, 0.6) is 11.5 Å². The van der Waals surface area contributed by atoms with Crippen LogP contribution in [-0.4, -0.2) is 38.6 Å². The van der Waals surface area contributed by atoms with Crippen molar-refractivity contribution in [2.24, 2.45) is 0 Å². The summed E-state index contributed by atoms with van der Waals surface area (Å²) in [5, 5.41) is 8.54. The topological polar surface area (TPSA) is 47.9 Å². The molecule has 0 bridgehead atoms. The van der Waals surface area contributed by atoms with Crippen LogP contribution >= 0.6 is 0 Å². The van der Waals surface area contributed by atoms with Crippen LogP contribution in [0.25, 0.3) is 0 Å². The molecule has 0 aliphatic carbocycles. The molecule has 0 saturated heterocycles. The van der Waals surface area contributed by atoms with Gasteiger partial charge in [0.25, 0.3) is 0 Å². The molecule has 0 saturated carbocycles. The SMILES string of the molecule is CCc1ccc(OCCOCCO)c(OC)c1. The fraction of sp³-hybridized carbons (Fsp3) is 0.538. The molecule has 0 unspecified atom stereocenters. The Balaban J connectivity index is 2.46. The summed E-state index contributed by atoms with van der Waals surface area (Å²) in [5.74, 6) is 1.46. The van der Waals surface area contributed by atoms with E-state index in [-0.39, 0.29) is 6.61 Å². The van der Waals surface area contributed by atoms with E-state index in [0.717, 1.165) is 17.9 Å². The number of hydrogen-bond donors (Lipinski definition) is 1. The van der Waals surface area contributed by atoms with Crippen LogP contribution < -0.4 is 9.47 Å². The molecule has 4 nitrogen and oxygen atoms in total. The molecule has 0 fully saturated rings. The number of rotatable bonds is 8. The van der Waals surface area contributed by atoms with Gasteiger partial charge in [-0.25, -0.2) is 0 Å². The molecule has 1 aromatic rings. The summed E-state index contributed by atoms with van der Waals surface area (Å²) in [6, 6.07) is 5.90. The van der Waals surface area contributed by atoms with Crippen molar-refractivity contribution in [2.45, 2.75) is 13.3 Å². The lowest BCUT2D eigenvalue weighted by molar-refractivity contribution is 0.0699. The molecule has 1 rings (SSSR count). The lowest BCUT2D eigenvalue weighted by atomic mass is 10.1. The molecule has 0 amide bonds. The third-order valence-corrected chi connectivity index (χ3v) is 2.36. The average Bonchev–Trinajstić information content (AvgIpc) is 2.38.